The maximum atomic E-state index is 14.0. The summed E-state index contributed by atoms with van der Waals surface area (Å²) in [5.41, 5.74) is 49.3. The lowest BCUT2D eigenvalue weighted by Gasteiger charge is -2.28. The van der Waals surface area contributed by atoms with Gasteiger partial charge in [0, 0.05) is 13.1 Å². The minimum absolute atomic E-state index is 0.0255. The number of nitrogens with two attached hydrogens (primary N) is 9. The number of carboxylic acid groups (broad SMARTS) is 1. The average Bonchev–Trinajstić information content (AvgIpc) is 3.25. The van der Waals surface area contributed by atoms with Gasteiger partial charge in [0.05, 0.1) is 25.3 Å². The van der Waals surface area contributed by atoms with Gasteiger partial charge in [-0.15, -0.1) is 0 Å². The van der Waals surface area contributed by atoms with E-state index in [-0.39, 0.29) is 57.1 Å². The lowest BCUT2D eigenvalue weighted by molar-refractivity contribution is -0.142. The monoisotopic (exact) mass is 985 g/mol. The number of carboxylic acids is 1. The Balaban J connectivity index is 6.79. The van der Waals surface area contributed by atoms with Gasteiger partial charge in [-0.25, -0.2) is 0 Å². The lowest BCUT2D eigenvalue weighted by Crippen LogP contribution is -2.61. The van der Waals surface area contributed by atoms with Gasteiger partial charge in [-0.3, -0.25) is 62.7 Å². The molecule has 26 N–H and O–H groups in total. The Morgan fingerprint density at radius 1 is 0.478 bits per heavy atom. The van der Waals surface area contributed by atoms with Gasteiger partial charge in [-0.05, 0) is 57.9 Å². The zero-order valence-electron chi connectivity index (χ0n) is 39.1. The van der Waals surface area contributed by atoms with Crippen LogP contribution in [0.5, 0.6) is 0 Å². The smallest absolute Gasteiger partial charge is 0.325 e. The molecule has 0 heterocycles. The first-order valence-corrected chi connectivity index (χ1v) is 22.0. The number of carbonyl (C=O) groups excluding carboxylic acids is 10. The standard InChI is InChI=1S/C39H72N18O12/c1-4-18(2)29(36(67)51-19(3)37(68)69)57-35(66)25(17-28(44)60)56-34(65)24(16-27(43)59)55-32(63)22(11-8-14-50-39(47)48)53-33(64)23(15-26(42)58)54-31(62)21(10-7-13-49-38(45)46)52-30(61)20(41)9-5-6-12-40/h18-25,29H,4-17,40-41H2,1-3H3,(H2,42,58)(H2,43,59)(H2,44,60)(H,51,67)(H,52,61)(H,53,64)(H,54,62)(H,55,63)(H,56,65)(H,57,66)(H,68,69)(H4,45,46,49)(H4,47,48,50)/t18-,19-,20-,21-,22-,23-,24-,25-,29-/m0/s1. The molecule has 390 valence electrons. The van der Waals surface area contributed by atoms with Crippen LogP contribution in [0.4, 0.5) is 0 Å². The summed E-state index contributed by atoms with van der Waals surface area (Å²) in [5, 5.41) is 25.5. The number of primary amides is 3. The predicted octanol–water partition coefficient (Wildman–Crippen LogP) is -8.28. The first-order valence-electron chi connectivity index (χ1n) is 22.0. The van der Waals surface area contributed by atoms with Crippen LogP contribution in [0.1, 0.15) is 91.4 Å². The highest BCUT2D eigenvalue weighted by Crippen LogP contribution is 2.11. The second kappa shape index (κ2) is 32.4. The number of rotatable bonds is 35. The lowest BCUT2D eigenvalue weighted by atomic mass is 9.97. The van der Waals surface area contributed by atoms with Crippen molar-refractivity contribution in [3.8, 4) is 0 Å². The summed E-state index contributed by atoms with van der Waals surface area (Å²) in [6, 6.07) is -12.3. The molecular weight excluding hydrogens is 913 g/mol. The molecule has 0 saturated carbocycles. The van der Waals surface area contributed by atoms with E-state index in [0.717, 1.165) is 0 Å². The molecule has 69 heavy (non-hydrogen) atoms. The molecule has 0 aliphatic rings. The number of hydrogen-bond acceptors (Lipinski definition) is 15. The van der Waals surface area contributed by atoms with Crippen molar-refractivity contribution in [2.24, 2.45) is 67.5 Å². The van der Waals surface area contributed by atoms with Gasteiger partial charge in [0.1, 0.15) is 42.3 Å². The summed E-state index contributed by atoms with van der Waals surface area (Å²) in [6.45, 7) is 4.71. The Labute approximate surface area is 398 Å². The molecule has 0 saturated heterocycles. The number of nitrogens with one attached hydrogen (secondary N) is 7. The largest absolute Gasteiger partial charge is 0.480 e. The minimum Gasteiger partial charge on any atom is -0.480 e. The van der Waals surface area contributed by atoms with Crippen molar-refractivity contribution >= 4 is 77.0 Å². The van der Waals surface area contributed by atoms with Crippen molar-refractivity contribution in [3.63, 3.8) is 0 Å². The fraction of sp³-hybridized carbons (Fsp3) is 0.667. The maximum Gasteiger partial charge on any atom is 0.325 e. The molecule has 0 fully saturated rings. The van der Waals surface area contributed by atoms with Crippen molar-refractivity contribution in [3.05, 3.63) is 0 Å². The van der Waals surface area contributed by atoms with Crippen LogP contribution in [-0.2, 0) is 52.7 Å². The third-order valence-corrected chi connectivity index (χ3v) is 10.1. The Morgan fingerprint density at radius 2 is 0.841 bits per heavy atom. The number of amides is 10. The maximum absolute atomic E-state index is 14.0. The molecule has 0 aliphatic carbocycles. The molecule has 30 nitrogen and oxygen atoms in total. The van der Waals surface area contributed by atoms with E-state index in [2.05, 4.69) is 47.2 Å². The first kappa shape index (κ1) is 61.6. The van der Waals surface area contributed by atoms with Crippen molar-refractivity contribution in [1.82, 2.24) is 37.2 Å². The summed E-state index contributed by atoms with van der Waals surface area (Å²) in [4.78, 5) is 150. The van der Waals surface area contributed by atoms with Gasteiger partial charge in [-0.1, -0.05) is 26.7 Å². The summed E-state index contributed by atoms with van der Waals surface area (Å²) in [7, 11) is 0. The van der Waals surface area contributed by atoms with Crippen molar-refractivity contribution in [1.29, 1.82) is 0 Å². The number of unbranched alkanes of at least 4 members (excludes halogenated alkanes) is 1. The predicted molar refractivity (Wildman–Crippen MR) is 248 cm³/mol. The number of carbonyl (C=O) groups is 11. The molecule has 30 heteroatoms. The second-order valence-corrected chi connectivity index (χ2v) is 16.0. The Bertz CT molecular complexity index is 1860. The van der Waals surface area contributed by atoms with Crippen LogP contribution in [0.3, 0.4) is 0 Å². The molecule has 9 atom stereocenters. The summed E-state index contributed by atoms with van der Waals surface area (Å²) < 4.78 is 0. The van der Waals surface area contributed by atoms with Crippen LogP contribution >= 0.6 is 0 Å². The summed E-state index contributed by atoms with van der Waals surface area (Å²) >= 11 is 0. The van der Waals surface area contributed by atoms with Gasteiger partial charge in [0.25, 0.3) is 0 Å². The van der Waals surface area contributed by atoms with Gasteiger partial charge >= 0.3 is 5.97 Å². The SMILES string of the molecule is CC[C@H](C)[C@H](NC(=O)[C@H](CC(N)=O)NC(=O)[C@H](CC(N)=O)NC(=O)[C@H](CCCN=C(N)N)NC(=O)[C@H](CC(N)=O)NC(=O)[C@H](CCCN=C(N)N)NC(=O)[C@@H](N)CCCCN)C(=O)N[C@@H](C)C(=O)O. The van der Waals surface area contributed by atoms with E-state index in [1.165, 1.54) is 6.92 Å². The summed E-state index contributed by atoms with van der Waals surface area (Å²) in [5.74, 6) is -13.2. The van der Waals surface area contributed by atoms with Crippen LogP contribution in [0.25, 0.3) is 0 Å². The minimum atomic E-state index is -1.91. The average molecular weight is 985 g/mol. The van der Waals surface area contributed by atoms with E-state index in [9.17, 15) is 57.8 Å². The third kappa shape index (κ3) is 25.9. The van der Waals surface area contributed by atoms with E-state index >= 15 is 0 Å². The van der Waals surface area contributed by atoms with Gasteiger partial charge in [0.15, 0.2) is 11.9 Å². The quantitative estimate of drug-likeness (QED) is 0.0159. The molecule has 0 aliphatic heterocycles. The van der Waals surface area contributed by atoms with Crippen molar-refractivity contribution in [2.75, 3.05) is 19.6 Å². The van der Waals surface area contributed by atoms with Gasteiger partial charge in [0.2, 0.25) is 59.1 Å². The van der Waals surface area contributed by atoms with Gasteiger partial charge in [-0.2, -0.15) is 0 Å². The molecular formula is C39H72N18O12. The molecule has 0 aromatic carbocycles. The zero-order valence-corrected chi connectivity index (χ0v) is 39.1. The van der Waals surface area contributed by atoms with Gasteiger partial charge < -0.3 is 93.9 Å². The van der Waals surface area contributed by atoms with E-state index in [1.54, 1.807) is 13.8 Å². The molecule has 0 rings (SSSR count). The molecule has 0 unspecified atom stereocenters. The van der Waals surface area contributed by atoms with E-state index in [1.807, 2.05) is 0 Å². The molecule has 0 spiro atoms. The topological polar surface area (TPSA) is 551 Å². The molecule has 0 bridgehead atoms. The molecule has 0 radical (unpaired) electrons. The highest BCUT2D eigenvalue weighted by atomic mass is 16.4. The van der Waals surface area contributed by atoms with Crippen LogP contribution < -0.4 is 88.8 Å². The highest BCUT2D eigenvalue weighted by Gasteiger charge is 2.36. The van der Waals surface area contributed by atoms with Crippen LogP contribution in [0.2, 0.25) is 0 Å². The molecule has 0 aromatic rings. The fourth-order valence-electron chi connectivity index (χ4n) is 6.10. The fourth-order valence-corrected chi connectivity index (χ4v) is 6.10. The third-order valence-electron chi connectivity index (χ3n) is 10.1. The molecule has 10 amide bonds. The number of nitrogens with zero attached hydrogens (tertiary/aromatic N) is 2. The number of guanidine groups is 2. The van der Waals surface area contributed by atoms with Crippen LogP contribution in [0.15, 0.2) is 9.98 Å². The van der Waals surface area contributed by atoms with Crippen molar-refractivity contribution in [2.45, 2.75) is 140 Å². The van der Waals surface area contributed by atoms with E-state index in [0.29, 0.717) is 25.8 Å². The number of aliphatic carboxylic acids is 1. The molecule has 0 aromatic heterocycles. The number of aliphatic imine (C=N–C) groups is 2. The Kier molecular flexibility index (Phi) is 28.9. The van der Waals surface area contributed by atoms with Crippen molar-refractivity contribution < 1.29 is 57.8 Å². The van der Waals surface area contributed by atoms with E-state index < -0.39 is 139 Å². The first-order chi connectivity index (χ1) is 32.2. The normalized spacial score (nSPS) is 14.7. The highest BCUT2D eigenvalue weighted by molar-refractivity contribution is 6.00. The summed E-state index contributed by atoms with van der Waals surface area (Å²) in [6.07, 6.45) is -1.28. The zero-order chi connectivity index (χ0) is 53.0. The second-order valence-electron chi connectivity index (χ2n) is 16.0. The Morgan fingerprint density at radius 3 is 1.19 bits per heavy atom. The van der Waals surface area contributed by atoms with Crippen LogP contribution in [-0.4, -0.2) is 150 Å². The Hall–Kier alpha value is -7.37. The number of hydrogen-bond donors (Lipinski definition) is 17. The van der Waals surface area contributed by atoms with E-state index in [4.69, 9.17) is 51.6 Å². The van der Waals surface area contributed by atoms with Crippen LogP contribution in [0, 0.1) is 5.92 Å².